The minimum absolute atomic E-state index is 0.237. The van der Waals surface area contributed by atoms with Crippen LogP contribution in [0.25, 0.3) is 0 Å². The smallest absolute Gasteiger partial charge is 0.125 e. The van der Waals surface area contributed by atoms with Crippen molar-refractivity contribution in [3.05, 3.63) is 29.8 Å². The fourth-order valence-electron chi connectivity index (χ4n) is 1.61. The molecule has 0 fully saturated rings. The van der Waals surface area contributed by atoms with Gasteiger partial charge in [-0.25, -0.2) is 0 Å². The molecule has 1 atom stereocenters. The highest BCUT2D eigenvalue weighted by Gasteiger charge is 2.38. The van der Waals surface area contributed by atoms with Crippen molar-refractivity contribution in [3.8, 4) is 5.75 Å². The molecule has 1 N–H and O–H groups in total. The van der Waals surface area contributed by atoms with Gasteiger partial charge < -0.3 is 9.84 Å². The summed E-state index contributed by atoms with van der Waals surface area (Å²) in [4.78, 5) is 0. The zero-order valence-corrected chi connectivity index (χ0v) is 11.6. The standard InChI is InChI=1S/C15H24O2/c1-6-11-17-13-10-8-7-9-12(13)15(5,16)14(2,3)4/h7-10,16H,6,11H2,1-5H3. The van der Waals surface area contributed by atoms with Crippen molar-refractivity contribution in [2.45, 2.75) is 46.6 Å². The molecule has 1 unspecified atom stereocenters. The summed E-state index contributed by atoms with van der Waals surface area (Å²) in [7, 11) is 0. The lowest BCUT2D eigenvalue weighted by Gasteiger charge is -2.38. The second-order valence-corrected chi connectivity index (χ2v) is 5.67. The van der Waals surface area contributed by atoms with Crippen molar-refractivity contribution in [3.63, 3.8) is 0 Å². The molecule has 0 amide bonds. The minimum Gasteiger partial charge on any atom is -0.493 e. The SMILES string of the molecule is CCCOc1ccccc1C(C)(O)C(C)(C)C. The van der Waals surface area contributed by atoms with Crippen molar-refractivity contribution in [1.29, 1.82) is 0 Å². The zero-order chi connectivity index (χ0) is 13.1. The molecule has 0 saturated carbocycles. The average Bonchev–Trinajstić information content (AvgIpc) is 2.25. The lowest BCUT2D eigenvalue weighted by atomic mass is 9.73. The van der Waals surface area contributed by atoms with Gasteiger partial charge in [0.1, 0.15) is 5.75 Å². The second-order valence-electron chi connectivity index (χ2n) is 5.67. The van der Waals surface area contributed by atoms with E-state index in [1.54, 1.807) is 0 Å². The highest BCUT2D eigenvalue weighted by atomic mass is 16.5. The van der Waals surface area contributed by atoms with E-state index in [-0.39, 0.29) is 5.41 Å². The van der Waals surface area contributed by atoms with Crippen molar-refractivity contribution >= 4 is 0 Å². The molecule has 1 aromatic carbocycles. The lowest BCUT2D eigenvalue weighted by molar-refractivity contribution is -0.0488. The third kappa shape index (κ3) is 3.01. The zero-order valence-electron chi connectivity index (χ0n) is 11.6. The summed E-state index contributed by atoms with van der Waals surface area (Å²) >= 11 is 0. The van der Waals surface area contributed by atoms with Crippen LogP contribution in [0.3, 0.4) is 0 Å². The molecule has 0 saturated heterocycles. The Labute approximate surface area is 105 Å². The molecule has 0 spiro atoms. The van der Waals surface area contributed by atoms with Crippen LogP contribution in [0.1, 0.15) is 46.6 Å². The molecular weight excluding hydrogens is 212 g/mol. The second kappa shape index (κ2) is 5.09. The Morgan fingerprint density at radius 1 is 1.12 bits per heavy atom. The Hall–Kier alpha value is -1.02. The Morgan fingerprint density at radius 2 is 1.71 bits per heavy atom. The Balaban J connectivity index is 3.12. The van der Waals surface area contributed by atoms with E-state index in [4.69, 9.17) is 4.74 Å². The predicted molar refractivity (Wildman–Crippen MR) is 71.3 cm³/mol. The molecule has 2 heteroatoms. The van der Waals surface area contributed by atoms with Crippen molar-refractivity contribution < 1.29 is 9.84 Å². The maximum absolute atomic E-state index is 10.7. The van der Waals surface area contributed by atoms with Crippen LogP contribution >= 0.6 is 0 Å². The summed E-state index contributed by atoms with van der Waals surface area (Å²) in [6.45, 7) is 10.7. The first-order valence-electron chi connectivity index (χ1n) is 6.25. The normalized spacial score (nSPS) is 15.4. The highest BCUT2D eigenvalue weighted by Crippen LogP contribution is 2.42. The van der Waals surface area contributed by atoms with Gasteiger partial charge in [-0.2, -0.15) is 0 Å². The minimum atomic E-state index is -0.905. The van der Waals surface area contributed by atoms with Gasteiger partial charge in [0.25, 0.3) is 0 Å². The van der Waals surface area contributed by atoms with E-state index in [1.165, 1.54) is 0 Å². The van der Waals surface area contributed by atoms with Crippen LogP contribution in [0.2, 0.25) is 0 Å². The first-order valence-corrected chi connectivity index (χ1v) is 6.25. The number of ether oxygens (including phenoxy) is 1. The molecule has 0 aliphatic rings. The first-order chi connectivity index (χ1) is 7.80. The molecular formula is C15H24O2. The number of hydrogen-bond acceptors (Lipinski definition) is 2. The van der Waals surface area contributed by atoms with Crippen LogP contribution in [0.5, 0.6) is 5.75 Å². The van der Waals surface area contributed by atoms with Gasteiger partial charge in [0.2, 0.25) is 0 Å². The predicted octanol–water partition coefficient (Wildman–Crippen LogP) is 3.73. The highest BCUT2D eigenvalue weighted by molar-refractivity contribution is 5.38. The van der Waals surface area contributed by atoms with Gasteiger partial charge in [-0.1, -0.05) is 45.9 Å². The molecule has 2 nitrogen and oxygen atoms in total. The topological polar surface area (TPSA) is 29.5 Å². The Kier molecular flexibility index (Phi) is 4.21. The third-order valence-electron chi connectivity index (χ3n) is 3.33. The summed E-state index contributed by atoms with van der Waals surface area (Å²) in [6.07, 6.45) is 0.964. The lowest BCUT2D eigenvalue weighted by Crippen LogP contribution is -2.37. The van der Waals surface area contributed by atoms with Crippen molar-refractivity contribution in [1.82, 2.24) is 0 Å². The first kappa shape index (κ1) is 14.0. The van der Waals surface area contributed by atoms with E-state index in [0.717, 1.165) is 17.7 Å². The van der Waals surface area contributed by atoms with Crippen molar-refractivity contribution in [2.75, 3.05) is 6.61 Å². The van der Waals surface area contributed by atoms with Crippen LogP contribution in [-0.2, 0) is 5.60 Å². The summed E-state index contributed by atoms with van der Waals surface area (Å²) in [5.41, 5.74) is -0.281. The molecule has 0 aromatic heterocycles. The Bertz CT molecular complexity index is 361. The maximum atomic E-state index is 10.7. The van der Waals surface area contributed by atoms with Crippen LogP contribution < -0.4 is 4.74 Å². The number of aliphatic hydroxyl groups is 1. The molecule has 1 aromatic rings. The van der Waals surface area contributed by atoms with E-state index in [1.807, 2.05) is 52.0 Å². The summed E-state index contributed by atoms with van der Waals surface area (Å²) in [5, 5.41) is 10.7. The quantitative estimate of drug-likeness (QED) is 0.863. The molecule has 0 heterocycles. The van der Waals surface area contributed by atoms with Gasteiger partial charge >= 0.3 is 0 Å². The summed E-state index contributed by atoms with van der Waals surface area (Å²) in [6, 6.07) is 7.74. The van der Waals surface area contributed by atoms with Crippen LogP contribution in [0.15, 0.2) is 24.3 Å². The monoisotopic (exact) mass is 236 g/mol. The van der Waals surface area contributed by atoms with Gasteiger partial charge in [-0.3, -0.25) is 0 Å². The Morgan fingerprint density at radius 3 is 2.24 bits per heavy atom. The summed E-state index contributed by atoms with van der Waals surface area (Å²) < 4.78 is 5.71. The van der Waals surface area contributed by atoms with Crippen LogP contribution in [0, 0.1) is 5.41 Å². The number of rotatable bonds is 4. The largest absolute Gasteiger partial charge is 0.493 e. The van der Waals surface area contributed by atoms with E-state index in [2.05, 4.69) is 6.92 Å². The summed E-state index contributed by atoms with van der Waals surface area (Å²) in [5.74, 6) is 0.786. The number of benzene rings is 1. The molecule has 17 heavy (non-hydrogen) atoms. The van der Waals surface area contributed by atoms with E-state index < -0.39 is 5.60 Å². The third-order valence-corrected chi connectivity index (χ3v) is 3.33. The molecule has 0 aliphatic heterocycles. The molecule has 96 valence electrons. The molecule has 0 radical (unpaired) electrons. The van der Waals surface area contributed by atoms with Crippen LogP contribution in [-0.4, -0.2) is 11.7 Å². The van der Waals surface area contributed by atoms with Gasteiger partial charge in [0.15, 0.2) is 0 Å². The van der Waals surface area contributed by atoms with E-state index >= 15 is 0 Å². The maximum Gasteiger partial charge on any atom is 0.125 e. The van der Waals surface area contributed by atoms with Gasteiger partial charge in [0.05, 0.1) is 12.2 Å². The number of hydrogen-bond donors (Lipinski definition) is 1. The van der Waals surface area contributed by atoms with E-state index in [9.17, 15) is 5.11 Å². The fourth-order valence-corrected chi connectivity index (χ4v) is 1.61. The molecule has 0 aliphatic carbocycles. The molecule has 0 bridgehead atoms. The van der Waals surface area contributed by atoms with E-state index in [0.29, 0.717) is 6.61 Å². The fraction of sp³-hybridized carbons (Fsp3) is 0.600. The molecule has 1 rings (SSSR count). The van der Waals surface area contributed by atoms with Gasteiger partial charge in [-0.05, 0) is 24.8 Å². The average molecular weight is 236 g/mol. The van der Waals surface area contributed by atoms with Gasteiger partial charge in [0, 0.05) is 5.56 Å². The van der Waals surface area contributed by atoms with Gasteiger partial charge in [-0.15, -0.1) is 0 Å². The van der Waals surface area contributed by atoms with Crippen LogP contribution in [0.4, 0.5) is 0 Å². The number of para-hydroxylation sites is 1. The van der Waals surface area contributed by atoms with Crippen molar-refractivity contribution in [2.24, 2.45) is 5.41 Å².